The number of benzene rings is 1. The van der Waals surface area contributed by atoms with Crippen molar-refractivity contribution in [1.29, 1.82) is 0 Å². The van der Waals surface area contributed by atoms with Crippen LogP contribution in [0.15, 0.2) is 47.4 Å². The highest BCUT2D eigenvalue weighted by Crippen LogP contribution is 2.32. The molecule has 0 spiro atoms. The molecule has 34 heavy (non-hydrogen) atoms. The number of ether oxygens (including phenoxy) is 1. The standard InChI is InChI=1S/C24H26N6O4/c1-24(2,3)20-11-21(28-34-20)27-23(32)30-7-6-15-10-16(4-5-19(15)30)33-22-17-12-29(8-9-31)13-18(17)25-14-26-22/h4-7,10-11,14,31H,8-9,12-13H2,1-3H3,(H,27,28,32). The number of aliphatic hydroxyl groups excluding tert-OH is 1. The molecule has 4 heterocycles. The molecule has 0 radical (unpaired) electrons. The van der Waals surface area contributed by atoms with Gasteiger partial charge in [-0.3, -0.25) is 14.8 Å². The van der Waals surface area contributed by atoms with Crippen LogP contribution in [0.5, 0.6) is 11.6 Å². The normalized spacial score (nSPS) is 13.9. The molecule has 5 rings (SSSR count). The van der Waals surface area contributed by atoms with Gasteiger partial charge in [-0.15, -0.1) is 0 Å². The number of rotatable bonds is 5. The van der Waals surface area contributed by atoms with Crippen LogP contribution in [0.2, 0.25) is 0 Å². The van der Waals surface area contributed by atoms with Gasteiger partial charge in [0.05, 0.1) is 23.4 Å². The molecule has 0 saturated heterocycles. The van der Waals surface area contributed by atoms with Crippen LogP contribution < -0.4 is 10.1 Å². The van der Waals surface area contributed by atoms with Crippen molar-refractivity contribution in [3.63, 3.8) is 0 Å². The van der Waals surface area contributed by atoms with Crippen molar-refractivity contribution < 1.29 is 19.2 Å². The number of hydrogen-bond acceptors (Lipinski definition) is 8. The Labute approximate surface area is 196 Å². The average molecular weight is 463 g/mol. The Morgan fingerprint density at radius 3 is 2.82 bits per heavy atom. The molecule has 176 valence electrons. The lowest BCUT2D eigenvalue weighted by Crippen LogP contribution is -2.20. The van der Waals surface area contributed by atoms with Crippen molar-refractivity contribution in [1.82, 2.24) is 24.6 Å². The molecule has 3 aromatic heterocycles. The fraction of sp³-hybridized carbons (Fsp3) is 0.333. The van der Waals surface area contributed by atoms with Gasteiger partial charge < -0.3 is 14.4 Å². The molecule has 10 nitrogen and oxygen atoms in total. The molecule has 2 N–H and O–H groups in total. The second-order valence-corrected chi connectivity index (χ2v) is 9.30. The maximum atomic E-state index is 12.8. The fourth-order valence-electron chi connectivity index (χ4n) is 3.93. The largest absolute Gasteiger partial charge is 0.439 e. The third kappa shape index (κ3) is 4.25. The molecule has 0 unspecified atom stereocenters. The first-order valence-corrected chi connectivity index (χ1v) is 11.1. The van der Waals surface area contributed by atoms with Crippen molar-refractivity contribution in [3.8, 4) is 11.6 Å². The Morgan fingerprint density at radius 1 is 1.21 bits per heavy atom. The number of amides is 1. The van der Waals surface area contributed by atoms with Crippen molar-refractivity contribution in [2.75, 3.05) is 18.5 Å². The molecule has 0 atom stereocenters. The van der Waals surface area contributed by atoms with E-state index in [0.29, 0.717) is 42.8 Å². The first-order chi connectivity index (χ1) is 16.3. The third-order valence-corrected chi connectivity index (χ3v) is 5.75. The zero-order chi connectivity index (χ0) is 23.9. The lowest BCUT2D eigenvalue weighted by atomic mass is 9.93. The summed E-state index contributed by atoms with van der Waals surface area (Å²) in [7, 11) is 0. The van der Waals surface area contributed by atoms with Gasteiger partial charge in [-0.25, -0.2) is 14.8 Å². The summed E-state index contributed by atoms with van der Waals surface area (Å²) >= 11 is 0. The molecule has 0 saturated carbocycles. The molecule has 4 aromatic rings. The summed E-state index contributed by atoms with van der Waals surface area (Å²) in [6.45, 7) is 7.99. The van der Waals surface area contributed by atoms with E-state index in [2.05, 4.69) is 25.3 Å². The summed E-state index contributed by atoms with van der Waals surface area (Å²) in [4.78, 5) is 23.6. The van der Waals surface area contributed by atoms with Gasteiger partial charge in [-0.05, 0) is 24.3 Å². The Balaban J connectivity index is 1.34. The lowest BCUT2D eigenvalue weighted by molar-refractivity contribution is 0.196. The van der Waals surface area contributed by atoms with Gasteiger partial charge in [0, 0.05) is 42.7 Å². The van der Waals surface area contributed by atoms with Crippen molar-refractivity contribution in [2.24, 2.45) is 0 Å². The van der Waals surface area contributed by atoms with Gasteiger partial charge in [-0.1, -0.05) is 25.9 Å². The number of β-amino-alcohol motifs (C(OH)–C–C–N with tert-alkyl or cyclic N) is 1. The Bertz CT molecular complexity index is 1350. The van der Waals surface area contributed by atoms with Gasteiger partial charge in [0.2, 0.25) is 5.88 Å². The van der Waals surface area contributed by atoms with Crippen molar-refractivity contribution >= 4 is 22.8 Å². The maximum absolute atomic E-state index is 12.8. The van der Waals surface area contributed by atoms with Crippen molar-refractivity contribution in [3.05, 3.63) is 59.9 Å². The van der Waals surface area contributed by atoms with E-state index in [9.17, 15) is 9.90 Å². The smallest absolute Gasteiger partial charge is 0.331 e. The van der Waals surface area contributed by atoms with Gasteiger partial charge in [0.1, 0.15) is 17.8 Å². The number of aromatic nitrogens is 4. The van der Waals surface area contributed by atoms with Crippen LogP contribution in [0.25, 0.3) is 10.9 Å². The molecule has 10 heteroatoms. The zero-order valence-electron chi connectivity index (χ0n) is 19.3. The summed E-state index contributed by atoms with van der Waals surface area (Å²) in [5.74, 6) is 2.17. The van der Waals surface area contributed by atoms with Crippen LogP contribution in [0.1, 0.15) is 37.8 Å². The number of nitrogens with zero attached hydrogens (tertiary/aromatic N) is 5. The van der Waals surface area contributed by atoms with Crippen LogP contribution in [-0.4, -0.2) is 48.9 Å². The van der Waals surface area contributed by atoms with E-state index in [4.69, 9.17) is 9.26 Å². The number of carbonyl (C=O) groups excluding carboxylic acids is 1. The zero-order valence-corrected chi connectivity index (χ0v) is 19.3. The number of anilines is 1. The highest BCUT2D eigenvalue weighted by atomic mass is 16.5. The van der Waals surface area contributed by atoms with Gasteiger partial charge in [0.25, 0.3) is 0 Å². The number of carbonyl (C=O) groups is 1. The van der Waals surface area contributed by atoms with E-state index < -0.39 is 0 Å². The summed E-state index contributed by atoms with van der Waals surface area (Å²) in [6.07, 6.45) is 3.19. The third-order valence-electron chi connectivity index (χ3n) is 5.75. The Kier molecular flexibility index (Phi) is 5.54. The Hall–Kier alpha value is -3.76. The van der Waals surface area contributed by atoms with E-state index in [1.165, 1.54) is 10.9 Å². The molecule has 0 aliphatic carbocycles. The summed E-state index contributed by atoms with van der Waals surface area (Å²) < 4.78 is 12.9. The van der Waals surface area contributed by atoms with Crippen LogP contribution in [0.4, 0.5) is 10.6 Å². The van der Waals surface area contributed by atoms with Gasteiger partial charge in [0.15, 0.2) is 5.82 Å². The first kappa shape index (κ1) is 22.1. The number of nitrogens with one attached hydrogen (secondary N) is 1. The predicted octanol–water partition coefficient (Wildman–Crippen LogP) is 3.90. The van der Waals surface area contributed by atoms with E-state index in [1.807, 2.05) is 39.0 Å². The lowest BCUT2D eigenvalue weighted by Gasteiger charge is -2.12. The summed E-state index contributed by atoms with van der Waals surface area (Å²) in [5, 5.41) is 16.8. The van der Waals surface area contributed by atoms with E-state index >= 15 is 0 Å². The van der Waals surface area contributed by atoms with Gasteiger partial charge >= 0.3 is 6.03 Å². The summed E-state index contributed by atoms with van der Waals surface area (Å²) in [5.41, 5.74) is 2.36. The second-order valence-electron chi connectivity index (χ2n) is 9.30. The summed E-state index contributed by atoms with van der Waals surface area (Å²) in [6, 6.07) is 8.73. The fourth-order valence-corrected chi connectivity index (χ4v) is 3.93. The molecule has 1 amide bonds. The molecule has 0 bridgehead atoms. The van der Waals surface area contributed by atoms with Crippen LogP contribution in [0, 0.1) is 0 Å². The van der Waals surface area contributed by atoms with Crippen molar-refractivity contribution in [2.45, 2.75) is 39.3 Å². The molecular weight excluding hydrogens is 436 g/mol. The maximum Gasteiger partial charge on any atom is 0.331 e. The monoisotopic (exact) mass is 462 g/mol. The van der Waals surface area contributed by atoms with Gasteiger partial charge in [-0.2, -0.15) is 0 Å². The molecule has 1 aliphatic rings. The highest BCUT2D eigenvalue weighted by Gasteiger charge is 2.25. The predicted molar refractivity (Wildman–Crippen MR) is 125 cm³/mol. The minimum Gasteiger partial charge on any atom is -0.439 e. The average Bonchev–Trinajstić information content (AvgIpc) is 3.51. The quantitative estimate of drug-likeness (QED) is 0.458. The molecule has 0 fully saturated rings. The topological polar surface area (TPSA) is 119 Å². The number of aliphatic hydroxyl groups is 1. The number of fused-ring (bicyclic) bond motifs is 2. The van der Waals surface area contributed by atoms with Crippen LogP contribution >= 0.6 is 0 Å². The van der Waals surface area contributed by atoms with Crippen LogP contribution in [-0.2, 0) is 18.5 Å². The SMILES string of the molecule is CC(C)(C)c1cc(NC(=O)n2ccc3cc(Oc4ncnc5c4CN(CCO)C5)ccc32)no1. The number of hydrogen-bond donors (Lipinski definition) is 2. The van der Waals surface area contributed by atoms with E-state index in [0.717, 1.165) is 22.2 Å². The molecule has 1 aliphatic heterocycles. The molecule has 1 aromatic carbocycles. The van der Waals surface area contributed by atoms with Crippen LogP contribution in [0.3, 0.4) is 0 Å². The van der Waals surface area contributed by atoms with E-state index in [1.54, 1.807) is 18.3 Å². The minimum absolute atomic E-state index is 0.0905. The molecular formula is C24H26N6O4. The van der Waals surface area contributed by atoms with E-state index in [-0.39, 0.29) is 18.1 Å². The highest BCUT2D eigenvalue weighted by molar-refractivity contribution is 5.98. The Morgan fingerprint density at radius 2 is 2.06 bits per heavy atom. The second kappa shape index (κ2) is 8.54. The first-order valence-electron chi connectivity index (χ1n) is 11.1. The minimum atomic E-state index is -0.338.